The summed E-state index contributed by atoms with van der Waals surface area (Å²) in [6.45, 7) is 7.99. The number of hydrogen-bond acceptors (Lipinski definition) is 5. The van der Waals surface area contributed by atoms with Gasteiger partial charge in [0, 0.05) is 30.9 Å². The first-order valence-corrected chi connectivity index (χ1v) is 8.86. The highest BCUT2D eigenvalue weighted by Crippen LogP contribution is 2.13. The molecular formula is C18H30Cl2N4O3. The van der Waals surface area contributed by atoms with Gasteiger partial charge in [-0.05, 0) is 43.8 Å². The Kier molecular flexibility index (Phi) is 12.2. The molecule has 9 heteroatoms. The number of hydrogen-bond donors (Lipinski definition) is 4. The van der Waals surface area contributed by atoms with Gasteiger partial charge in [-0.15, -0.1) is 24.8 Å². The molecule has 2 rings (SSSR count). The number of rotatable bonds is 8. The molecule has 27 heavy (non-hydrogen) atoms. The zero-order valence-corrected chi connectivity index (χ0v) is 17.4. The molecule has 1 aliphatic heterocycles. The predicted molar refractivity (Wildman–Crippen MR) is 112 cm³/mol. The Hall–Kier alpha value is -1.38. The number of halogens is 2. The van der Waals surface area contributed by atoms with E-state index in [2.05, 4.69) is 34.7 Å². The maximum absolute atomic E-state index is 12.1. The molecule has 7 nitrogen and oxygen atoms in total. The van der Waals surface area contributed by atoms with Crippen molar-refractivity contribution in [1.29, 1.82) is 0 Å². The average molecular weight is 421 g/mol. The third-order valence-electron chi connectivity index (χ3n) is 4.45. The number of carbonyl (C=O) groups is 2. The van der Waals surface area contributed by atoms with Gasteiger partial charge in [0.25, 0.3) is 5.91 Å². The Morgan fingerprint density at radius 3 is 2.33 bits per heavy atom. The molecule has 1 aromatic carbocycles. The maximum atomic E-state index is 12.1. The number of aliphatic hydroxyl groups excluding tert-OH is 1. The summed E-state index contributed by atoms with van der Waals surface area (Å²) in [6.07, 6.45) is -0.0584. The van der Waals surface area contributed by atoms with Gasteiger partial charge in [0.2, 0.25) is 5.91 Å². The van der Waals surface area contributed by atoms with Gasteiger partial charge in [-0.1, -0.05) is 13.8 Å². The van der Waals surface area contributed by atoms with E-state index < -0.39 is 6.10 Å². The first-order valence-electron chi connectivity index (χ1n) is 8.86. The molecule has 0 saturated carbocycles. The minimum Gasteiger partial charge on any atom is -0.392 e. The molecule has 1 aromatic rings. The molecule has 1 fully saturated rings. The third-order valence-corrected chi connectivity index (χ3v) is 4.45. The first kappa shape index (κ1) is 25.6. The molecule has 0 bridgehead atoms. The lowest BCUT2D eigenvalue weighted by Gasteiger charge is -2.18. The van der Waals surface area contributed by atoms with E-state index in [4.69, 9.17) is 0 Å². The number of carbonyl (C=O) groups excluding carboxylic acids is 2. The lowest BCUT2D eigenvalue weighted by molar-refractivity contribution is -0.117. The predicted octanol–water partition coefficient (Wildman–Crippen LogP) is 1.26. The molecule has 0 aromatic heterocycles. The van der Waals surface area contributed by atoms with Crippen molar-refractivity contribution >= 4 is 42.3 Å². The number of β-amino-alcohol motifs (C(OH)–C–C–N with tert-alkyl or cyclic N) is 1. The van der Waals surface area contributed by atoms with Crippen LogP contribution in [-0.4, -0.2) is 66.7 Å². The Morgan fingerprint density at radius 1 is 1.19 bits per heavy atom. The number of aliphatic hydroxyl groups is 1. The highest BCUT2D eigenvalue weighted by molar-refractivity contribution is 5.97. The van der Waals surface area contributed by atoms with E-state index in [9.17, 15) is 14.7 Å². The van der Waals surface area contributed by atoms with Gasteiger partial charge < -0.3 is 26.0 Å². The van der Waals surface area contributed by atoms with Crippen molar-refractivity contribution in [2.75, 3.05) is 38.0 Å². The summed E-state index contributed by atoms with van der Waals surface area (Å²) >= 11 is 0. The number of benzene rings is 1. The van der Waals surface area contributed by atoms with Crippen LogP contribution in [0.25, 0.3) is 0 Å². The summed E-state index contributed by atoms with van der Waals surface area (Å²) in [5, 5.41) is 18.1. The monoisotopic (exact) mass is 420 g/mol. The van der Waals surface area contributed by atoms with Gasteiger partial charge in [-0.25, -0.2) is 0 Å². The second-order valence-corrected chi connectivity index (χ2v) is 6.20. The molecule has 0 spiro atoms. The van der Waals surface area contributed by atoms with Gasteiger partial charge >= 0.3 is 0 Å². The minimum absolute atomic E-state index is 0. The van der Waals surface area contributed by atoms with Crippen LogP contribution < -0.4 is 16.0 Å². The number of amides is 2. The fourth-order valence-corrected chi connectivity index (χ4v) is 2.82. The van der Waals surface area contributed by atoms with E-state index in [1.807, 2.05) is 0 Å². The highest BCUT2D eigenvalue weighted by atomic mass is 35.5. The lowest BCUT2D eigenvalue weighted by atomic mass is 10.1. The van der Waals surface area contributed by atoms with Gasteiger partial charge in [-0.3, -0.25) is 9.59 Å². The fraction of sp³-hybridized carbons (Fsp3) is 0.556. The van der Waals surface area contributed by atoms with Crippen LogP contribution in [0.5, 0.6) is 0 Å². The van der Waals surface area contributed by atoms with Crippen LogP contribution in [0.1, 0.15) is 30.6 Å². The molecule has 1 heterocycles. The summed E-state index contributed by atoms with van der Waals surface area (Å²) in [6, 6.07) is 6.43. The van der Waals surface area contributed by atoms with Crippen LogP contribution in [0.2, 0.25) is 0 Å². The van der Waals surface area contributed by atoms with Crippen molar-refractivity contribution < 1.29 is 14.7 Å². The Morgan fingerprint density at radius 2 is 1.81 bits per heavy atom. The van der Waals surface area contributed by atoms with E-state index in [0.717, 1.165) is 19.6 Å². The van der Waals surface area contributed by atoms with Gasteiger partial charge in [0.05, 0.1) is 12.1 Å². The van der Waals surface area contributed by atoms with Crippen LogP contribution in [0, 0.1) is 0 Å². The standard InChI is InChI=1S/C18H28N4O3.2ClH/c1-3-22(4-2)10-9-19-17(24)13-5-7-14(8-6-13)21-18(25)16-11-15(23)12-20-16;;/h5-8,15-16,20,23H,3-4,9-12H2,1-2H3,(H,19,24)(H,21,25);2*1H. The number of anilines is 1. The van der Waals surface area contributed by atoms with Crippen molar-refractivity contribution in [3.05, 3.63) is 29.8 Å². The minimum atomic E-state index is -0.474. The van der Waals surface area contributed by atoms with Crippen LogP contribution >= 0.6 is 24.8 Å². The van der Waals surface area contributed by atoms with Gasteiger partial charge in [0.15, 0.2) is 0 Å². The van der Waals surface area contributed by atoms with Crippen molar-refractivity contribution in [2.24, 2.45) is 0 Å². The zero-order valence-electron chi connectivity index (χ0n) is 15.7. The Bertz CT molecular complexity index is 582. The number of nitrogens with zero attached hydrogens (tertiary/aromatic N) is 1. The number of likely N-dealkylation sites (N-methyl/N-ethyl adjacent to an activating group) is 1. The molecular weight excluding hydrogens is 391 g/mol. The van der Waals surface area contributed by atoms with Crippen LogP contribution in [0.15, 0.2) is 24.3 Å². The molecule has 1 saturated heterocycles. The number of nitrogens with one attached hydrogen (secondary N) is 3. The molecule has 154 valence electrons. The Balaban J connectivity index is 0.00000338. The van der Waals surface area contributed by atoms with E-state index in [1.165, 1.54) is 0 Å². The van der Waals surface area contributed by atoms with Crippen molar-refractivity contribution in [3.63, 3.8) is 0 Å². The SMILES string of the molecule is CCN(CC)CCNC(=O)c1ccc(NC(=O)C2CC(O)CN2)cc1.Cl.Cl. The summed E-state index contributed by atoms with van der Waals surface area (Å²) in [5.41, 5.74) is 1.19. The Labute approximate surface area is 173 Å². The normalized spacial score (nSPS) is 18.4. The van der Waals surface area contributed by atoms with Gasteiger partial charge in [-0.2, -0.15) is 0 Å². The zero-order chi connectivity index (χ0) is 18.2. The summed E-state index contributed by atoms with van der Waals surface area (Å²) in [7, 11) is 0. The van der Waals surface area contributed by atoms with Crippen molar-refractivity contribution in [1.82, 2.24) is 15.5 Å². The molecule has 2 atom stereocenters. The third kappa shape index (κ3) is 8.02. The van der Waals surface area contributed by atoms with Crippen LogP contribution in [0.4, 0.5) is 5.69 Å². The molecule has 0 aliphatic carbocycles. The van der Waals surface area contributed by atoms with E-state index in [1.54, 1.807) is 24.3 Å². The van der Waals surface area contributed by atoms with E-state index in [-0.39, 0.29) is 42.7 Å². The second kappa shape index (κ2) is 12.9. The smallest absolute Gasteiger partial charge is 0.251 e. The lowest BCUT2D eigenvalue weighted by Crippen LogP contribution is -2.35. The van der Waals surface area contributed by atoms with Crippen molar-refractivity contribution in [3.8, 4) is 0 Å². The van der Waals surface area contributed by atoms with Crippen molar-refractivity contribution in [2.45, 2.75) is 32.4 Å². The van der Waals surface area contributed by atoms with Gasteiger partial charge in [0.1, 0.15) is 0 Å². The second-order valence-electron chi connectivity index (χ2n) is 6.20. The summed E-state index contributed by atoms with van der Waals surface area (Å²) in [4.78, 5) is 26.4. The fourth-order valence-electron chi connectivity index (χ4n) is 2.82. The molecule has 4 N–H and O–H groups in total. The highest BCUT2D eigenvalue weighted by Gasteiger charge is 2.27. The van der Waals surface area contributed by atoms with Crippen LogP contribution in [-0.2, 0) is 4.79 Å². The maximum Gasteiger partial charge on any atom is 0.251 e. The van der Waals surface area contributed by atoms with E-state index in [0.29, 0.717) is 30.8 Å². The topological polar surface area (TPSA) is 93.7 Å². The molecule has 1 aliphatic rings. The average Bonchev–Trinajstić information content (AvgIpc) is 3.06. The first-order chi connectivity index (χ1) is 12.0. The molecule has 0 radical (unpaired) electrons. The van der Waals surface area contributed by atoms with Crippen LogP contribution in [0.3, 0.4) is 0 Å². The largest absolute Gasteiger partial charge is 0.392 e. The summed E-state index contributed by atoms with van der Waals surface area (Å²) in [5.74, 6) is -0.293. The van der Waals surface area contributed by atoms with E-state index >= 15 is 0 Å². The molecule has 2 amide bonds. The molecule has 2 unspecified atom stereocenters. The summed E-state index contributed by atoms with van der Waals surface area (Å²) < 4.78 is 0. The quantitative estimate of drug-likeness (QED) is 0.507.